The van der Waals surface area contributed by atoms with Crippen LogP contribution in [0.4, 0.5) is 0 Å². The van der Waals surface area contributed by atoms with Gasteiger partial charge >= 0.3 is 0 Å². The SMILES string of the molecule is C=CCCC(O)CN(Cc1ccc(OC)cc1)C(C)C. The van der Waals surface area contributed by atoms with Crippen molar-refractivity contribution in [1.29, 1.82) is 0 Å². The van der Waals surface area contributed by atoms with Gasteiger partial charge in [-0.1, -0.05) is 18.2 Å². The highest BCUT2D eigenvalue weighted by molar-refractivity contribution is 5.27. The highest BCUT2D eigenvalue weighted by Gasteiger charge is 2.14. The van der Waals surface area contributed by atoms with Gasteiger partial charge < -0.3 is 9.84 Å². The number of methoxy groups -OCH3 is 1. The molecule has 1 atom stereocenters. The second-order valence-electron chi connectivity index (χ2n) is 5.39. The van der Waals surface area contributed by atoms with Crippen molar-refractivity contribution in [2.45, 2.75) is 45.4 Å². The third-order valence-electron chi connectivity index (χ3n) is 3.42. The number of aliphatic hydroxyl groups is 1. The fourth-order valence-corrected chi connectivity index (χ4v) is 2.10. The maximum atomic E-state index is 10.1. The Bertz CT molecular complexity index is 386. The Morgan fingerprint density at radius 1 is 1.30 bits per heavy atom. The number of rotatable bonds is 9. The van der Waals surface area contributed by atoms with Crippen LogP contribution < -0.4 is 4.74 Å². The van der Waals surface area contributed by atoms with Gasteiger partial charge in [0.2, 0.25) is 0 Å². The van der Waals surface area contributed by atoms with Crippen LogP contribution in [0.1, 0.15) is 32.3 Å². The lowest BCUT2D eigenvalue weighted by Crippen LogP contribution is -2.37. The Kier molecular flexibility index (Phi) is 7.34. The monoisotopic (exact) mass is 277 g/mol. The second-order valence-corrected chi connectivity index (χ2v) is 5.39. The van der Waals surface area contributed by atoms with E-state index in [4.69, 9.17) is 4.74 Å². The molecular weight excluding hydrogens is 250 g/mol. The summed E-state index contributed by atoms with van der Waals surface area (Å²) in [5, 5.41) is 10.1. The first-order valence-electron chi connectivity index (χ1n) is 7.22. The molecule has 0 spiro atoms. The van der Waals surface area contributed by atoms with Crippen molar-refractivity contribution in [1.82, 2.24) is 4.90 Å². The van der Waals surface area contributed by atoms with E-state index in [0.717, 1.165) is 25.1 Å². The fraction of sp³-hybridized carbons (Fsp3) is 0.529. The number of benzene rings is 1. The number of hydrogen-bond acceptors (Lipinski definition) is 3. The molecule has 0 heterocycles. The summed E-state index contributed by atoms with van der Waals surface area (Å²) in [5.74, 6) is 0.871. The third-order valence-corrected chi connectivity index (χ3v) is 3.42. The van der Waals surface area contributed by atoms with Crippen molar-refractivity contribution >= 4 is 0 Å². The van der Waals surface area contributed by atoms with Gasteiger partial charge in [0, 0.05) is 19.1 Å². The zero-order valence-corrected chi connectivity index (χ0v) is 12.9. The molecule has 20 heavy (non-hydrogen) atoms. The van der Waals surface area contributed by atoms with Crippen molar-refractivity contribution in [2.24, 2.45) is 0 Å². The van der Waals surface area contributed by atoms with Gasteiger partial charge in [-0.15, -0.1) is 6.58 Å². The fourth-order valence-electron chi connectivity index (χ4n) is 2.10. The van der Waals surface area contributed by atoms with E-state index >= 15 is 0 Å². The summed E-state index contributed by atoms with van der Waals surface area (Å²) in [6.07, 6.45) is 3.19. The summed E-state index contributed by atoms with van der Waals surface area (Å²) >= 11 is 0. The molecule has 1 N–H and O–H groups in total. The molecule has 0 saturated heterocycles. The summed E-state index contributed by atoms with van der Waals surface area (Å²) in [6, 6.07) is 8.49. The second kappa shape index (κ2) is 8.77. The van der Waals surface area contributed by atoms with Crippen molar-refractivity contribution in [3.63, 3.8) is 0 Å². The number of aliphatic hydroxyl groups excluding tert-OH is 1. The Morgan fingerprint density at radius 2 is 1.95 bits per heavy atom. The molecular formula is C17H27NO2. The molecule has 1 aromatic carbocycles. The van der Waals surface area contributed by atoms with Crippen LogP contribution in [0.15, 0.2) is 36.9 Å². The molecule has 0 radical (unpaired) electrons. The molecule has 0 aliphatic carbocycles. The van der Waals surface area contributed by atoms with Crippen LogP contribution in [-0.4, -0.2) is 35.8 Å². The van der Waals surface area contributed by atoms with E-state index < -0.39 is 0 Å². The van der Waals surface area contributed by atoms with Gasteiger partial charge in [-0.2, -0.15) is 0 Å². The Morgan fingerprint density at radius 3 is 2.45 bits per heavy atom. The maximum absolute atomic E-state index is 10.1. The van der Waals surface area contributed by atoms with E-state index in [-0.39, 0.29) is 6.10 Å². The number of ether oxygens (including phenoxy) is 1. The first-order chi connectivity index (χ1) is 9.56. The summed E-state index contributed by atoms with van der Waals surface area (Å²) in [7, 11) is 1.67. The molecule has 3 nitrogen and oxygen atoms in total. The van der Waals surface area contributed by atoms with Gasteiger partial charge in [-0.05, 0) is 44.4 Å². The molecule has 0 saturated carbocycles. The lowest BCUT2D eigenvalue weighted by atomic mass is 10.1. The first-order valence-corrected chi connectivity index (χ1v) is 7.22. The summed E-state index contributed by atoms with van der Waals surface area (Å²) < 4.78 is 5.17. The predicted molar refractivity (Wildman–Crippen MR) is 84.0 cm³/mol. The minimum atomic E-state index is -0.298. The van der Waals surface area contributed by atoms with Crippen LogP contribution in [0.5, 0.6) is 5.75 Å². The quantitative estimate of drug-likeness (QED) is 0.703. The molecule has 0 fully saturated rings. The highest BCUT2D eigenvalue weighted by atomic mass is 16.5. The number of nitrogens with zero attached hydrogens (tertiary/aromatic N) is 1. The lowest BCUT2D eigenvalue weighted by Gasteiger charge is -2.28. The molecule has 1 aromatic rings. The minimum absolute atomic E-state index is 0.298. The Balaban J connectivity index is 2.59. The lowest BCUT2D eigenvalue weighted by molar-refractivity contribution is 0.0855. The molecule has 3 heteroatoms. The van der Waals surface area contributed by atoms with E-state index in [9.17, 15) is 5.11 Å². The standard InChI is InChI=1S/C17H27NO2/c1-5-6-7-16(19)13-18(14(2)3)12-15-8-10-17(20-4)11-9-15/h5,8-11,14,16,19H,1,6-7,12-13H2,2-4H3. The van der Waals surface area contributed by atoms with Crippen molar-refractivity contribution in [2.75, 3.05) is 13.7 Å². The van der Waals surface area contributed by atoms with Crippen molar-refractivity contribution < 1.29 is 9.84 Å². The average molecular weight is 277 g/mol. The van der Waals surface area contributed by atoms with Crippen molar-refractivity contribution in [3.05, 3.63) is 42.5 Å². The van der Waals surface area contributed by atoms with Crippen LogP contribution in [0, 0.1) is 0 Å². The molecule has 1 rings (SSSR count). The van der Waals surface area contributed by atoms with Gasteiger partial charge in [0.15, 0.2) is 0 Å². The van der Waals surface area contributed by atoms with Crippen LogP contribution in [0.3, 0.4) is 0 Å². The normalized spacial score (nSPS) is 12.7. The smallest absolute Gasteiger partial charge is 0.118 e. The van der Waals surface area contributed by atoms with Crippen LogP contribution in [-0.2, 0) is 6.54 Å². The van der Waals surface area contributed by atoms with Gasteiger partial charge in [0.25, 0.3) is 0 Å². The van der Waals surface area contributed by atoms with E-state index in [1.807, 2.05) is 18.2 Å². The van der Waals surface area contributed by atoms with Crippen LogP contribution >= 0.6 is 0 Å². The zero-order chi connectivity index (χ0) is 15.0. The molecule has 1 unspecified atom stereocenters. The van der Waals surface area contributed by atoms with Gasteiger partial charge in [-0.3, -0.25) is 4.90 Å². The Hall–Kier alpha value is -1.32. The molecule has 0 aliphatic rings. The zero-order valence-electron chi connectivity index (χ0n) is 12.9. The maximum Gasteiger partial charge on any atom is 0.118 e. The highest BCUT2D eigenvalue weighted by Crippen LogP contribution is 2.15. The first kappa shape index (κ1) is 16.7. The van der Waals surface area contributed by atoms with E-state index in [0.29, 0.717) is 12.6 Å². The van der Waals surface area contributed by atoms with Gasteiger partial charge in [0.05, 0.1) is 13.2 Å². The average Bonchev–Trinajstić information content (AvgIpc) is 2.45. The van der Waals surface area contributed by atoms with Gasteiger partial charge in [0.1, 0.15) is 5.75 Å². The van der Waals surface area contributed by atoms with E-state index in [2.05, 4.69) is 37.5 Å². The van der Waals surface area contributed by atoms with Crippen LogP contribution in [0.2, 0.25) is 0 Å². The molecule has 112 valence electrons. The molecule has 0 aromatic heterocycles. The molecule has 0 bridgehead atoms. The van der Waals surface area contributed by atoms with Crippen molar-refractivity contribution in [3.8, 4) is 5.75 Å². The molecule has 0 amide bonds. The number of hydrogen-bond donors (Lipinski definition) is 1. The summed E-state index contributed by atoms with van der Waals surface area (Å²) in [5.41, 5.74) is 1.23. The van der Waals surface area contributed by atoms with Crippen LogP contribution in [0.25, 0.3) is 0 Å². The van der Waals surface area contributed by atoms with E-state index in [1.165, 1.54) is 5.56 Å². The number of allylic oxidation sites excluding steroid dienone is 1. The summed E-state index contributed by atoms with van der Waals surface area (Å²) in [6.45, 7) is 9.54. The minimum Gasteiger partial charge on any atom is -0.497 e. The Labute approximate surface area is 122 Å². The largest absolute Gasteiger partial charge is 0.497 e. The van der Waals surface area contributed by atoms with E-state index in [1.54, 1.807) is 7.11 Å². The predicted octanol–water partition coefficient (Wildman–Crippen LogP) is 3.23. The summed E-state index contributed by atoms with van der Waals surface area (Å²) in [4.78, 5) is 2.29. The molecule has 0 aliphatic heterocycles. The topological polar surface area (TPSA) is 32.7 Å². The third kappa shape index (κ3) is 5.76. The van der Waals surface area contributed by atoms with Gasteiger partial charge in [-0.25, -0.2) is 0 Å².